The Labute approximate surface area is 95.9 Å². The number of allylic oxidation sites excluding steroid dienone is 1. The molecule has 16 heavy (non-hydrogen) atoms. The van der Waals surface area contributed by atoms with Crippen molar-refractivity contribution in [3.63, 3.8) is 0 Å². The second-order valence-electron chi connectivity index (χ2n) is 5.26. The van der Waals surface area contributed by atoms with Crippen LogP contribution in [0.3, 0.4) is 0 Å². The zero-order valence-corrected chi connectivity index (χ0v) is 9.85. The molecule has 1 aliphatic carbocycles. The number of hydrogen-bond acceptors (Lipinski definition) is 1. The minimum atomic E-state index is -1.45. The van der Waals surface area contributed by atoms with Crippen molar-refractivity contribution in [2.45, 2.75) is 51.6 Å². The van der Waals surface area contributed by atoms with Crippen molar-refractivity contribution < 1.29 is 13.5 Å². The summed E-state index contributed by atoms with van der Waals surface area (Å²) >= 11 is 0. The zero-order chi connectivity index (χ0) is 11.5. The summed E-state index contributed by atoms with van der Waals surface area (Å²) in [5.74, 6) is 1.18. The van der Waals surface area contributed by atoms with Gasteiger partial charge in [0.2, 0.25) is 0 Å². The summed E-state index contributed by atoms with van der Waals surface area (Å²) < 4.78 is 30.6. The maximum absolute atomic E-state index is 12.4. The molecule has 1 aliphatic heterocycles. The fourth-order valence-corrected chi connectivity index (χ4v) is 2.82. The molecule has 0 aromatic heterocycles. The lowest BCUT2D eigenvalue weighted by atomic mass is 9.80. The molecule has 1 saturated heterocycles. The Morgan fingerprint density at radius 3 is 2.31 bits per heavy atom. The van der Waals surface area contributed by atoms with Crippen LogP contribution in [0.15, 0.2) is 11.7 Å². The van der Waals surface area contributed by atoms with Crippen LogP contribution in [0, 0.1) is 11.8 Å². The van der Waals surface area contributed by atoms with Gasteiger partial charge < -0.3 is 4.74 Å². The van der Waals surface area contributed by atoms with E-state index < -0.39 is 6.08 Å². The molecule has 0 aromatic rings. The molecule has 2 atom stereocenters. The van der Waals surface area contributed by atoms with Gasteiger partial charge in [-0.3, -0.25) is 0 Å². The summed E-state index contributed by atoms with van der Waals surface area (Å²) in [7, 11) is 0. The Hall–Kier alpha value is -0.440. The summed E-state index contributed by atoms with van der Waals surface area (Å²) in [6.07, 6.45) is 4.13. The molecule has 0 spiro atoms. The van der Waals surface area contributed by atoms with Gasteiger partial charge in [-0.1, -0.05) is 6.92 Å². The maximum Gasteiger partial charge on any atom is 0.269 e. The third-order valence-corrected chi connectivity index (χ3v) is 3.97. The summed E-state index contributed by atoms with van der Waals surface area (Å²) in [6.45, 7) is 3.05. The van der Waals surface area contributed by atoms with E-state index in [0.717, 1.165) is 25.9 Å². The summed E-state index contributed by atoms with van der Waals surface area (Å²) in [5.41, 5.74) is 0.375. The van der Waals surface area contributed by atoms with Crippen LogP contribution in [-0.4, -0.2) is 12.7 Å². The molecule has 0 bridgehead atoms. The lowest BCUT2D eigenvalue weighted by Gasteiger charge is -2.35. The van der Waals surface area contributed by atoms with E-state index in [4.69, 9.17) is 4.74 Å². The Kier molecular flexibility index (Phi) is 3.95. The number of halogens is 2. The van der Waals surface area contributed by atoms with Crippen LogP contribution in [0.4, 0.5) is 8.78 Å². The first kappa shape index (κ1) is 12.0. The van der Waals surface area contributed by atoms with E-state index in [2.05, 4.69) is 6.92 Å². The Morgan fingerprint density at radius 2 is 1.81 bits per heavy atom. The topological polar surface area (TPSA) is 9.23 Å². The molecule has 0 aromatic carbocycles. The van der Waals surface area contributed by atoms with Crippen LogP contribution in [0.5, 0.6) is 0 Å². The van der Waals surface area contributed by atoms with Gasteiger partial charge in [-0.25, -0.2) is 0 Å². The third-order valence-electron chi connectivity index (χ3n) is 3.97. The first-order valence-corrected chi connectivity index (χ1v) is 6.31. The van der Waals surface area contributed by atoms with Crippen molar-refractivity contribution in [3.05, 3.63) is 11.7 Å². The van der Waals surface area contributed by atoms with Crippen molar-refractivity contribution >= 4 is 0 Å². The molecule has 2 aliphatic rings. The van der Waals surface area contributed by atoms with Gasteiger partial charge in [-0.2, -0.15) is 8.78 Å². The number of ether oxygens (including phenoxy) is 1. The number of rotatable bonds is 1. The first-order valence-electron chi connectivity index (χ1n) is 6.31. The van der Waals surface area contributed by atoms with E-state index in [9.17, 15) is 8.78 Å². The van der Waals surface area contributed by atoms with E-state index in [1.54, 1.807) is 0 Å². The van der Waals surface area contributed by atoms with Crippen molar-refractivity contribution in [1.82, 2.24) is 0 Å². The van der Waals surface area contributed by atoms with E-state index in [-0.39, 0.29) is 0 Å². The lowest BCUT2D eigenvalue weighted by Crippen LogP contribution is -2.32. The summed E-state index contributed by atoms with van der Waals surface area (Å²) in [4.78, 5) is 0. The van der Waals surface area contributed by atoms with E-state index in [1.165, 1.54) is 6.42 Å². The quantitative estimate of drug-likeness (QED) is 0.657. The molecular weight excluding hydrogens is 210 g/mol. The van der Waals surface area contributed by atoms with E-state index >= 15 is 0 Å². The molecule has 1 saturated carbocycles. The largest absolute Gasteiger partial charge is 0.378 e. The second kappa shape index (κ2) is 5.26. The molecule has 0 amide bonds. The first-order chi connectivity index (χ1) is 7.66. The van der Waals surface area contributed by atoms with E-state index in [0.29, 0.717) is 36.4 Å². The van der Waals surface area contributed by atoms with Crippen LogP contribution in [-0.2, 0) is 4.74 Å². The number of hydrogen-bond donors (Lipinski definition) is 0. The second-order valence-corrected chi connectivity index (χ2v) is 5.26. The highest BCUT2D eigenvalue weighted by atomic mass is 19.3. The minimum absolute atomic E-state index is 0.334. The maximum atomic E-state index is 12.4. The van der Waals surface area contributed by atoms with Gasteiger partial charge in [-0.05, 0) is 55.9 Å². The predicted molar refractivity (Wildman–Crippen MR) is 59.3 cm³/mol. The zero-order valence-electron chi connectivity index (χ0n) is 9.85. The van der Waals surface area contributed by atoms with Crippen LogP contribution in [0.2, 0.25) is 0 Å². The molecule has 3 heteroatoms. The third kappa shape index (κ3) is 2.82. The Morgan fingerprint density at radius 1 is 1.12 bits per heavy atom. The Balaban J connectivity index is 1.83. The van der Waals surface area contributed by atoms with Crippen LogP contribution < -0.4 is 0 Å². The average Bonchev–Trinajstić information content (AvgIpc) is 2.30. The van der Waals surface area contributed by atoms with Crippen molar-refractivity contribution in [3.8, 4) is 0 Å². The van der Waals surface area contributed by atoms with E-state index in [1.807, 2.05) is 0 Å². The van der Waals surface area contributed by atoms with Crippen molar-refractivity contribution in [2.24, 2.45) is 11.8 Å². The molecule has 1 nitrogen and oxygen atoms in total. The van der Waals surface area contributed by atoms with Gasteiger partial charge in [0.1, 0.15) is 0 Å². The van der Waals surface area contributed by atoms with Gasteiger partial charge in [-0.15, -0.1) is 0 Å². The summed E-state index contributed by atoms with van der Waals surface area (Å²) in [6, 6.07) is 0. The molecule has 2 unspecified atom stereocenters. The fourth-order valence-electron chi connectivity index (χ4n) is 2.82. The molecule has 1 heterocycles. The molecule has 0 radical (unpaired) electrons. The lowest BCUT2D eigenvalue weighted by molar-refractivity contribution is -0.0492. The highest BCUT2D eigenvalue weighted by Gasteiger charge is 2.29. The summed E-state index contributed by atoms with van der Waals surface area (Å²) in [5, 5.41) is 0. The van der Waals surface area contributed by atoms with Crippen LogP contribution in [0.1, 0.15) is 45.4 Å². The predicted octanol–water partition coefficient (Wildman–Crippen LogP) is 4.14. The normalized spacial score (nSPS) is 36.2. The smallest absolute Gasteiger partial charge is 0.269 e. The van der Waals surface area contributed by atoms with Gasteiger partial charge in [0.25, 0.3) is 6.08 Å². The minimum Gasteiger partial charge on any atom is -0.378 e. The Bertz CT molecular complexity index is 253. The highest BCUT2D eigenvalue weighted by molar-refractivity contribution is 5.06. The van der Waals surface area contributed by atoms with Crippen LogP contribution >= 0.6 is 0 Å². The van der Waals surface area contributed by atoms with Gasteiger partial charge in [0.15, 0.2) is 0 Å². The molecular formula is C13H20F2O. The SMILES string of the molecule is CC1CCC(C2CCC(=C(F)F)CC2)OC1. The molecule has 2 fully saturated rings. The van der Waals surface area contributed by atoms with Gasteiger partial charge >= 0.3 is 0 Å². The monoisotopic (exact) mass is 230 g/mol. The van der Waals surface area contributed by atoms with Gasteiger partial charge in [0.05, 0.1) is 6.10 Å². The average molecular weight is 230 g/mol. The van der Waals surface area contributed by atoms with Gasteiger partial charge in [0, 0.05) is 6.61 Å². The standard InChI is InChI=1S/C13H20F2O/c1-9-2-7-12(16-8-9)10-3-5-11(6-4-10)13(14)15/h9-10,12H,2-8H2,1H3. The van der Waals surface area contributed by atoms with Crippen molar-refractivity contribution in [1.29, 1.82) is 0 Å². The molecule has 2 rings (SSSR count). The van der Waals surface area contributed by atoms with Crippen LogP contribution in [0.25, 0.3) is 0 Å². The fraction of sp³-hybridized carbons (Fsp3) is 0.846. The van der Waals surface area contributed by atoms with Crippen molar-refractivity contribution in [2.75, 3.05) is 6.61 Å². The molecule has 0 N–H and O–H groups in total. The highest BCUT2D eigenvalue weighted by Crippen LogP contribution is 2.36. The molecule has 92 valence electrons.